The Morgan fingerprint density at radius 2 is 1.93 bits per heavy atom. The summed E-state index contributed by atoms with van der Waals surface area (Å²) in [7, 11) is 2.11. The predicted octanol–water partition coefficient (Wildman–Crippen LogP) is 2.95. The van der Waals surface area contributed by atoms with Gasteiger partial charge in [-0.25, -0.2) is 4.98 Å². The van der Waals surface area contributed by atoms with E-state index in [1.54, 1.807) is 11.3 Å². The summed E-state index contributed by atoms with van der Waals surface area (Å²) in [6.07, 6.45) is 0. The second kappa shape index (κ2) is 3.00. The van der Waals surface area contributed by atoms with Gasteiger partial charge in [0.25, 0.3) is 0 Å². The summed E-state index contributed by atoms with van der Waals surface area (Å²) in [6.45, 7) is 4.21. The Morgan fingerprint density at radius 3 is 2.73 bits per heavy atom. The second-order valence-electron chi connectivity index (χ2n) is 3.70. The van der Waals surface area contributed by atoms with Crippen molar-refractivity contribution in [3.05, 3.63) is 22.1 Å². The minimum absolute atomic E-state index is 1.12. The zero-order chi connectivity index (χ0) is 10.6. The van der Waals surface area contributed by atoms with Gasteiger partial charge in [0.15, 0.2) is 0 Å². The van der Waals surface area contributed by atoms with Crippen molar-refractivity contribution in [3.8, 4) is 0 Å². The van der Waals surface area contributed by atoms with E-state index in [0.29, 0.717) is 0 Å². The number of hydrogen-bond donors (Lipinski definition) is 0. The van der Waals surface area contributed by atoms with Crippen LogP contribution in [0.5, 0.6) is 0 Å². The van der Waals surface area contributed by atoms with Gasteiger partial charge in [-0.05, 0) is 13.0 Å². The van der Waals surface area contributed by atoms with Gasteiger partial charge in [-0.15, -0.1) is 11.3 Å². The summed E-state index contributed by atoms with van der Waals surface area (Å²) in [6, 6.07) is 4.45. The van der Waals surface area contributed by atoms with Crippen molar-refractivity contribution in [3.63, 3.8) is 0 Å². The van der Waals surface area contributed by atoms with Crippen LogP contribution in [-0.2, 0) is 7.05 Å². The highest BCUT2D eigenvalue weighted by molar-refractivity contribution is 7.20. The first-order valence-electron chi connectivity index (χ1n) is 4.81. The molecule has 3 rings (SSSR count). The van der Waals surface area contributed by atoms with Crippen LogP contribution in [0.1, 0.15) is 10.0 Å². The molecule has 0 spiro atoms. The minimum Gasteiger partial charge on any atom is -0.241 e. The molecule has 3 aromatic rings. The Morgan fingerprint density at radius 1 is 1.13 bits per heavy atom. The quantitative estimate of drug-likeness (QED) is 0.547. The summed E-state index contributed by atoms with van der Waals surface area (Å²) in [5.74, 6) is 0. The molecule has 0 saturated carbocycles. The van der Waals surface area contributed by atoms with E-state index in [9.17, 15) is 0 Å². The average Bonchev–Trinajstić information content (AvgIpc) is 2.65. The maximum atomic E-state index is 4.52. The predicted molar refractivity (Wildman–Crippen MR) is 65.7 cm³/mol. The van der Waals surface area contributed by atoms with E-state index in [0.717, 1.165) is 10.5 Å². The van der Waals surface area contributed by atoms with E-state index in [1.807, 2.05) is 11.3 Å². The maximum Gasteiger partial charge on any atom is 0.234 e. The standard InChI is InChI=1S/C11H11N2S2/c1-6-12-8-4-9-11(5-10(8)14-6)15-7(2)13(9)3/h4-5H,1-3H3/q+1. The fourth-order valence-electron chi connectivity index (χ4n) is 1.80. The first-order chi connectivity index (χ1) is 7.15. The van der Waals surface area contributed by atoms with Gasteiger partial charge < -0.3 is 0 Å². The van der Waals surface area contributed by atoms with Crippen molar-refractivity contribution in [2.24, 2.45) is 7.05 Å². The van der Waals surface area contributed by atoms with Gasteiger partial charge in [0, 0.05) is 13.0 Å². The molecule has 0 bridgehead atoms. The van der Waals surface area contributed by atoms with E-state index in [-0.39, 0.29) is 0 Å². The van der Waals surface area contributed by atoms with E-state index in [1.165, 1.54) is 19.9 Å². The van der Waals surface area contributed by atoms with Gasteiger partial charge >= 0.3 is 0 Å². The molecule has 0 radical (unpaired) electrons. The largest absolute Gasteiger partial charge is 0.241 e. The van der Waals surface area contributed by atoms with Crippen LogP contribution in [0, 0.1) is 13.8 Å². The fourth-order valence-corrected chi connectivity index (χ4v) is 3.75. The normalized spacial score (nSPS) is 11.7. The van der Waals surface area contributed by atoms with Crippen molar-refractivity contribution < 1.29 is 4.57 Å². The van der Waals surface area contributed by atoms with E-state index < -0.39 is 0 Å². The molecule has 0 unspecified atom stereocenters. The van der Waals surface area contributed by atoms with Crippen LogP contribution >= 0.6 is 22.7 Å². The first kappa shape index (κ1) is 9.24. The molecule has 76 valence electrons. The average molecular weight is 235 g/mol. The summed E-state index contributed by atoms with van der Waals surface area (Å²) >= 11 is 3.61. The molecule has 0 aliphatic rings. The van der Waals surface area contributed by atoms with Gasteiger partial charge in [0.1, 0.15) is 11.7 Å². The lowest BCUT2D eigenvalue weighted by molar-refractivity contribution is -0.646. The SMILES string of the molecule is Cc1nc2cc3c(cc2s1)sc(C)[n+]3C. The second-order valence-corrected chi connectivity index (χ2v) is 6.17. The fraction of sp³-hybridized carbons (Fsp3) is 0.273. The molecule has 4 heteroatoms. The maximum absolute atomic E-state index is 4.52. The van der Waals surface area contributed by atoms with Crippen LogP contribution in [0.25, 0.3) is 20.4 Å². The molecule has 2 aromatic heterocycles. The highest BCUT2D eigenvalue weighted by Crippen LogP contribution is 2.28. The third kappa shape index (κ3) is 1.28. The van der Waals surface area contributed by atoms with Crippen molar-refractivity contribution in [2.45, 2.75) is 13.8 Å². The molecule has 0 N–H and O–H groups in total. The minimum atomic E-state index is 1.12. The van der Waals surface area contributed by atoms with Crippen LogP contribution in [0.15, 0.2) is 12.1 Å². The molecule has 2 nitrogen and oxygen atoms in total. The van der Waals surface area contributed by atoms with Crippen LogP contribution in [0.3, 0.4) is 0 Å². The molecule has 1 aromatic carbocycles. The van der Waals surface area contributed by atoms with Gasteiger partial charge in [-0.1, -0.05) is 11.3 Å². The third-order valence-corrected chi connectivity index (χ3v) is 4.72. The van der Waals surface area contributed by atoms with Crippen LogP contribution < -0.4 is 4.57 Å². The monoisotopic (exact) mass is 235 g/mol. The highest BCUT2D eigenvalue weighted by atomic mass is 32.1. The summed E-state index contributed by atoms with van der Waals surface area (Å²) in [5, 5.41) is 2.47. The van der Waals surface area contributed by atoms with Crippen molar-refractivity contribution >= 4 is 43.1 Å². The molecule has 0 aliphatic carbocycles. The van der Waals surface area contributed by atoms with E-state index >= 15 is 0 Å². The van der Waals surface area contributed by atoms with Gasteiger partial charge in [-0.2, -0.15) is 4.57 Å². The topological polar surface area (TPSA) is 16.8 Å². The van der Waals surface area contributed by atoms with Crippen LogP contribution in [-0.4, -0.2) is 4.98 Å². The molecule has 0 atom stereocenters. The number of hydrogen-bond acceptors (Lipinski definition) is 3. The van der Waals surface area contributed by atoms with Crippen molar-refractivity contribution in [2.75, 3.05) is 0 Å². The highest BCUT2D eigenvalue weighted by Gasteiger charge is 2.15. The lowest BCUT2D eigenvalue weighted by atomic mass is 10.3. The lowest BCUT2D eigenvalue weighted by Crippen LogP contribution is -2.28. The molecule has 0 saturated heterocycles. The number of rotatable bonds is 0. The third-order valence-electron chi connectivity index (χ3n) is 2.67. The number of aromatic nitrogens is 2. The first-order valence-corrected chi connectivity index (χ1v) is 6.45. The Kier molecular flexibility index (Phi) is 1.85. The lowest BCUT2D eigenvalue weighted by Gasteiger charge is -1.87. The van der Waals surface area contributed by atoms with Gasteiger partial charge in [-0.3, -0.25) is 0 Å². The Bertz CT molecular complexity index is 664. The van der Waals surface area contributed by atoms with E-state index in [2.05, 4.69) is 42.6 Å². The van der Waals surface area contributed by atoms with Gasteiger partial charge in [0.05, 0.1) is 15.2 Å². The van der Waals surface area contributed by atoms with Crippen LogP contribution in [0.2, 0.25) is 0 Å². The van der Waals surface area contributed by atoms with Crippen LogP contribution in [0.4, 0.5) is 0 Å². The molecule has 0 aliphatic heterocycles. The molecular weight excluding hydrogens is 224 g/mol. The molecule has 2 heterocycles. The smallest absolute Gasteiger partial charge is 0.234 e. The Hall–Kier alpha value is -1.00. The summed E-state index contributed by atoms with van der Waals surface area (Å²) in [4.78, 5) is 4.52. The molecule has 0 fully saturated rings. The van der Waals surface area contributed by atoms with Crippen molar-refractivity contribution in [1.29, 1.82) is 0 Å². The number of aryl methyl sites for hydroxylation is 3. The number of thiazole rings is 2. The van der Waals surface area contributed by atoms with Gasteiger partial charge in [0.2, 0.25) is 10.5 Å². The zero-order valence-corrected chi connectivity index (χ0v) is 10.5. The summed E-state index contributed by atoms with van der Waals surface area (Å²) < 4.78 is 4.88. The molecule has 0 amide bonds. The molecule has 15 heavy (non-hydrogen) atoms. The zero-order valence-electron chi connectivity index (χ0n) is 8.87. The van der Waals surface area contributed by atoms with Crippen molar-refractivity contribution in [1.82, 2.24) is 4.98 Å². The number of fused-ring (bicyclic) bond motifs is 2. The number of benzene rings is 1. The summed E-state index contributed by atoms with van der Waals surface area (Å²) in [5.41, 5.74) is 2.41. The number of nitrogens with zero attached hydrogens (tertiary/aromatic N) is 2. The molecular formula is C11H11N2S2+. The Labute approximate surface area is 95.8 Å². The van der Waals surface area contributed by atoms with E-state index in [4.69, 9.17) is 0 Å². The Balaban J connectivity index is 2.51.